The molecule has 1 aromatic heterocycles. The zero-order valence-corrected chi connectivity index (χ0v) is 11.6. The first-order valence-electron chi connectivity index (χ1n) is 6.81. The fraction of sp³-hybridized carbons (Fsp3) is 0.786. The molecule has 1 unspecified atom stereocenters. The highest BCUT2D eigenvalue weighted by Crippen LogP contribution is 2.28. The number of hydrogen-bond donors (Lipinski definition) is 1. The third-order valence-corrected chi connectivity index (χ3v) is 4.45. The van der Waals surface area contributed by atoms with Crippen molar-refractivity contribution in [3.63, 3.8) is 0 Å². The summed E-state index contributed by atoms with van der Waals surface area (Å²) in [5, 5.41) is 8.13. The highest BCUT2D eigenvalue weighted by atomic mass is 15.3. The number of nitrogens with zero attached hydrogens (tertiary/aromatic N) is 2. The van der Waals surface area contributed by atoms with Crippen LogP contribution >= 0.6 is 0 Å². The van der Waals surface area contributed by atoms with Gasteiger partial charge in [0.25, 0.3) is 0 Å². The van der Waals surface area contributed by atoms with Crippen molar-refractivity contribution in [1.82, 2.24) is 15.1 Å². The minimum atomic E-state index is 0.579. The van der Waals surface area contributed by atoms with Crippen LogP contribution in [0.2, 0.25) is 0 Å². The van der Waals surface area contributed by atoms with Gasteiger partial charge in [0.2, 0.25) is 0 Å². The predicted octanol–water partition coefficient (Wildman–Crippen LogP) is 2.59. The summed E-state index contributed by atoms with van der Waals surface area (Å²) in [6.45, 7) is 7.46. The van der Waals surface area contributed by atoms with Gasteiger partial charge in [-0.05, 0) is 52.1 Å². The second-order valence-electron chi connectivity index (χ2n) is 5.42. The maximum atomic E-state index is 4.65. The summed E-state index contributed by atoms with van der Waals surface area (Å²) in [6.07, 6.45) is 5.56. The second kappa shape index (κ2) is 5.21. The Labute approximate surface area is 105 Å². The van der Waals surface area contributed by atoms with Gasteiger partial charge in [0.05, 0.1) is 12.2 Å². The molecule has 0 radical (unpaired) electrons. The van der Waals surface area contributed by atoms with Crippen LogP contribution in [0.5, 0.6) is 0 Å². The molecule has 1 aliphatic carbocycles. The molecule has 0 bridgehead atoms. The summed E-state index contributed by atoms with van der Waals surface area (Å²) in [5.74, 6) is 0.837. The van der Waals surface area contributed by atoms with E-state index in [0.29, 0.717) is 6.04 Å². The topological polar surface area (TPSA) is 29.9 Å². The zero-order valence-electron chi connectivity index (χ0n) is 11.6. The summed E-state index contributed by atoms with van der Waals surface area (Å²) in [6, 6.07) is 0.579. The van der Waals surface area contributed by atoms with Crippen molar-refractivity contribution in [2.75, 3.05) is 7.05 Å². The number of rotatable bonds is 4. The Hall–Kier alpha value is -0.830. The lowest BCUT2D eigenvalue weighted by atomic mass is 9.98. The van der Waals surface area contributed by atoms with Gasteiger partial charge in [0, 0.05) is 11.7 Å². The van der Waals surface area contributed by atoms with Gasteiger partial charge in [-0.1, -0.05) is 12.8 Å². The van der Waals surface area contributed by atoms with E-state index in [2.05, 4.69) is 42.9 Å². The van der Waals surface area contributed by atoms with Crippen molar-refractivity contribution in [2.45, 2.75) is 59.0 Å². The molecule has 0 aromatic carbocycles. The van der Waals surface area contributed by atoms with Crippen molar-refractivity contribution in [3.05, 3.63) is 17.0 Å². The summed E-state index contributed by atoms with van der Waals surface area (Å²) in [5.41, 5.74) is 3.83. The molecular weight excluding hydrogens is 210 g/mol. The normalized spacial score (nSPS) is 18.8. The molecule has 2 rings (SSSR count). The Balaban J connectivity index is 2.09. The molecule has 0 saturated heterocycles. The zero-order chi connectivity index (χ0) is 12.4. The van der Waals surface area contributed by atoms with Gasteiger partial charge in [-0.3, -0.25) is 4.68 Å². The molecule has 3 heteroatoms. The van der Waals surface area contributed by atoms with Crippen LogP contribution in [0.25, 0.3) is 0 Å². The number of aryl methyl sites for hydroxylation is 1. The standard InChI is InChI=1S/C14H25N3/c1-10-11(2)16-17(12(10)3)9-14(15-4)13-7-5-6-8-13/h13-15H,5-9H2,1-4H3. The molecule has 1 fully saturated rings. The largest absolute Gasteiger partial charge is 0.315 e. The first-order chi connectivity index (χ1) is 8.13. The average molecular weight is 235 g/mol. The van der Waals surface area contributed by atoms with Crippen molar-refractivity contribution < 1.29 is 0 Å². The Morgan fingerprint density at radius 1 is 1.29 bits per heavy atom. The van der Waals surface area contributed by atoms with Gasteiger partial charge in [0.1, 0.15) is 0 Å². The predicted molar refractivity (Wildman–Crippen MR) is 71.2 cm³/mol. The Morgan fingerprint density at radius 3 is 2.41 bits per heavy atom. The maximum Gasteiger partial charge on any atom is 0.0625 e. The molecule has 1 saturated carbocycles. The molecular formula is C14H25N3. The molecule has 0 aliphatic heterocycles. The van der Waals surface area contributed by atoms with Gasteiger partial charge in [0.15, 0.2) is 0 Å². The van der Waals surface area contributed by atoms with Crippen molar-refractivity contribution in [2.24, 2.45) is 5.92 Å². The molecule has 1 aromatic rings. The van der Waals surface area contributed by atoms with Crippen LogP contribution in [0.15, 0.2) is 0 Å². The number of aromatic nitrogens is 2. The molecule has 17 heavy (non-hydrogen) atoms. The van der Waals surface area contributed by atoms with Gasteiger partial charge < -0.3 is 5.32 Å². The molecule has 3 nitrogen and oxygen atoms in total. The van der Waals surface area contributed by atoms with Crippen molar-refractivity contribution >= 4 is 0 Å². The minimum absolute atomic E-state index is 0.579. The van der Waals surface area contributed by atoms with Crippen molar-refractivity contribution in [3.8, 4) is 0 Å². The van der Waals surface area contributed by atoms with Gasteiger partial charge in [-0.2, -0.15) is 5.10 Å². The first-order valence-corrected chi connectivity index (χ1v) is 6.81. The van der Waals surface area contributed by atoms with Crippen LogP contribution in [-0.2, 0) is 6.54 Å². The van der Waals surface area contributed by atoms with E-state index in [0.717, 1.165) is 12.5 Å². The lowest BCUT2D eigenvalue weighted by Crippen LogP contribution is -2.37. The molecule has 1 aliphatic rings. The van der Waals surface area contributed by atoms with E-state index < -0.39 is 0 Å². The first kappa shape index (κ1) is 12.6. The summed E-state index contributed by atoms with van der Waals surface area (Å²) in [7, 11) is 2.08. The quantitative estimate of drug-likeness (QED) is 0.869. The molecule has 1 N–H and O–H groups in total. The number of likely N-dealkylation sites (N-methyl/N-ethyl adjacent to an activating group) is 1. The monoisotopic (exact) mass is 235 g/mol. The van der Waals surface area contributed by atoms with E-state index in [4.69, 9.17) is 0 Å². The van der Waals surface area contributed by atoms with Crippen LogP contribution in [-0.4, -0.2) is 22.9 Å². The Bertz CT molecular complexity index is 375. The Kier molecular flexibility index (Phi) is 3.87. The SMILES string of the molecule is CNC(Cn1nc(C)c(C)c1C)C1CCCC1. The lowest BCUT2D eigenvalue weighted by molar-refractivity contribution is 0.326. The number of hydrogen-bond acceptors (Lipinski definition) is 2. The van der Waals surface area contributed by atoms with E-state index in [9.17, 15) is 0 Å². The Morgan fingerprint density at radius 2 is 1.94 bits per heavy atom. The molecule has 0 amide bonds. The molecule has 0 spiro atoms. The van der Waals surface area contributed by atoms with Gasteiger partial charge in [-0.25, -0.2) is 0 Å². The highest BCUT2D eigenvalue weighted by Gasteiger charge is 2.24. The summed E-state index contributed by atoms with van der Waals surface area (Å²) < 4.78 is 2.18. The van der Waals surface area contributed by atoms with Crippen molar-refractivity contribution in [1.29, 1.82) is 0 Å². The van der Waals surface area contributed by atoms with Crippen LogP contribution in [0, 0.1) is 26.7 Å². The summed E-state index contributed by atoms with van der Waals surface area (Å²) in [4.78, 5) is 0. The maximum absolute atomic E-state index is 4.65. The fourth-order valence-electron chi connectivity index (χ4n) is 2.99. The van der Waals surface area contributed by atoms with E-state index >= 15 is 0 Å². The van der Waals surface area contributed by atoms with Gasteiger partial charge >= 0.3 is 0 Å². The van der Waals surface area contributed by atoms with Gasteiger partial charge in [-0.15, -0.1) is 0 Å². The third-order valence-electron chi connectivity index (χ3n) is 4.45. The summed E-state index contributed by atoms with van der Waals surface area (Å²) >= 11 is 0. The van der Waals surface area contributed by atoms with E-state index in [1.165, 1.54) is 42.6 Å². The lowest BCUT2D eigenvalue weighted by Gasteiger charge is -2.23. The fourth-order valence-corrected chi connectivity index (χ4v) is 2.99. The van der Waals surface area contributed by atoms with Crippen LogP contribution in [0.3, 0.4) is 0 Å². The third kappa shape index (κ3) is 2.54. The van der Waals surface area contributed by atoms with Crippen LogP contribution < -0.4 is 5.32 Å². The molecule has 1 atom stereocenters. The second-order valence-corrected chi connectivity index (χ2v) is 5.42. The molecule has 96 valence electrons. The highest BCUT2D eigenvalue weighted by molar-refractivity contribution is 5.22. The van der Waals surface area contributed by atoms with E-state index in [-0.39, 0.29) is 0 Å². The van der Waals surface area contributed by atoms with Crippen LogP contribution in [0.4, 0.5) is 0 Å². The smallest absolute Gasteiger partial charge is 0.0625 e. The molecule has 1 heterocycles. The minimum Gasteiger partial charge on any atom is -0.315 e. The average Bonchev–Trinajstić information content (AvgIpc) is 2.92. The van der Waals surface area contributed by atoms with E-state index in [1.807, 2.05) is 0 Å². The van der Waals surface area contributed by atoms with Crippen LogP contribution in [0.1, 0.15) is 42.6 Å². The van der Waals surface area contributed by atoms with E-state index in [1.54, 1.807) is 0 Å². The number of nitrogens with one attached hydrogen (secondary N) is 1.